The van der Waals surface area contributed by atoms with Gasteiger partial charge in [-0.25, -0.2) is 0 Å². The van der Waals surface area contributed by atoms with Crippen LogP contribution in [0.1, 0.15) is 33.1 Å². The summed E-state index contributed by atoms with van der Waals surface area (Å²) in [5.74, 6) is -1.09. The fourth-order valence-corrected chi connectivity index (χ4v) is 0.948. The topological polar surface area (TPSA) is 0 Å². The summed E-state index contributed by atoms with van der Waals surface area (Å²) in [6, 6.07) is 0. The zero-order valence-corrected chi connectivity index (χ0v) is 6.33. The third-order valence-electron chi connectivity index (χ3n) is 1.59. The molecule has 0 saturated heterocycles. The van der Waals surface area contributed by atoms with Crippen molar-refractivity contribution in [3.05, 3.63) is 0 Å². The highest BCUT2D eigenvalue weighted by Gasteiger charge is 2.36. The number of hydrogen-bond donors (Lipinski definition) is 0. The summed E-state index contributed by atoms with van der Waals surface area (Å²) in [6.07, 6.45) is -2.90. The second-order valence-corrected chi connectivity index (χ2v) is 2.44. The molecule has 3 heteroatoms. The van der Waals surface area contributed by atoms with Gasteiger partial charge in [-0.1, -0.05) is 20.3 Å². The molecule has 0 aliphatic heterocycles. The molecule has 0 nitrogen and oxygen atoms in total. The molecule has 0 bridgehead atoms. The number of rotatable bonds is 3. The van der Waals surface area contributed by atoms with Crippen LogP contribution in [0.5, 0.6) is 0 Å². The van der Waals surface area contributed by atoms with Crippen LogP contribution >= 0.6 is 0 Å². The number of hydrogen-bond acceptors (Lipinski definition) is 0. The van der Waals surface area contributed by atoms with E-state index in [9.17, 15) is 13.2 Å². The Labute approximate surface area is 59.4 Å². The zero-order valence-electron chi connectivity index (χ0n) is 6.33. The Bertz CT molecular complexity index is 85.3. The van der Waals surface area contributed by atoms with Gasteiger partial charge >= 0.3 is 6.18 Å². The van der Waals surface area contributed by atoms with Crippen LogP contribution in [0.4, 0.5) is 13.2 Å². The number of alkyl halides is 3. The van der Waals surface area contributed by atoms with Crippen molar-refractivity contribution in [2.75, 3.05) is 0 Å². The lowest BCUT2D eigenvalue weighted by molar-refractivity contribution is -0.177. The van der Waals surface area contributed by atoms with E-state index in [2.05, 4.69) is 0 Å². The molecule has 0 heterocycles. The molecule has 0 N–H and O–H groups in total. The molecule has 0 spiro atoms. The fourth-order valence-electron chi connectivity index (χ4n) is 0.948. The largest absolute Gasteiger partial charge is 0.391 e. The molecule has 0 aromatic carbocycles. The Morgan fingerprint density at radius 3 is 1.80 bits per heavy atom. The second kappa shape index (κ2) is 3.84. The Kier molecular flexibility index (Phi) is 3.76. The predicted molar refractivity (Wildman–Crippen MR) is 34.7 cm³/mol. The molecule has 0 fully saturated rings. The Hall–Kier alpha value is -0.210. The number of halogens is 3. The smallest absolute Gasteiger partial charge is 0.171 e. The maximum atomic E-state index is 11.9. The maximum absolute atomic E-state index is 11.9. The highest BCUT2D eigenvalue weighted by molar-refractivity contribution is 4.64. The highest BCUT2D eigenvalue weighted by atomic mass is 19.4. The van der Waals surface area contributed by atoms with Crippen molar-refractivity contribution in [3.8, 4) is 0 Å². The molecule has 1 atom stereocenters. The molecule has 0 radical (unpaired) electrons. The minimum Gasteiger partial charge on any atom is -0.171 e. The molecule has 0 saturated carbocycles. The molecule has 10 heavy (non-hydrogen) atoms. The van der Waals surface area contributed by atoms with Crippen molar-refractivity contribution in [3.63, 3.8) is 0 Å². The van der Waals surface area contributed by atoms with E-state index in [-0.39, 0.29) is 12.8 Å². The van der Waals surface area contributed by atoms with E-state index >= 15 is 0 Å². The second-order valence-electron chi connectivity index (χ2n) is 2.44. The maximum Gasteiger partial charge on any atom is 0.391 e. The van der Waals surface area contributed by atoms with Crippen LogP contribution in [0.2, 0.25) is 0 Å². The van der Waals surface area contributed by atoms with E-state index in [0.29, 0.717) is 6.42 Å². The monoisotopic (exact) mass is 154 g/mol. The minimum atomic E-state index is -3.98. The van der Waals surface area contributed by atoms with E-state index in [4.69, 9.17) is 0 Å². The first-order valence-electron chi connectivity index (χ1n) is 3.59. The molecule has 0 aromatic heterocycles. The average molecular weight is 154 g/mol. The lowest BCUT2D eigenvalue weighted by Crippen LogP contribution is -2.21. The molecule has 0 aliphatic rings. The molecule has 0 unspecified atom stereocenters. The summed E-state index contributed by atoms with van der Waals surface area (Å²) in [4.78, 5) is 0. The van der Waals surface area contributed by atoms with Gasteiger partial charge in [-0.3, -0.25) is 0 Å². The molecular weight excluding hydrogens is 141 g/mol. The first-order chi connectivity index (χ1) is 4.52. The van der Waals surface area contributed by atoms with Crippen molar-refractivity contribution in [2.45, 2.75) is 39.3 Å². The van der Waals surface area contributed by atoms with Gasteiger partial charge in [-0.15, -0.1) is 0 Å². The van der Waals surface area contributed by atoms with Crippen LogP contribution in [-0.2, 0) is 0 Å². The SMILES string of the molecule is CCC[C@H](CC)C(F)(F)F. The van der Waals surface area contributed by atoms with Crippen LogP contribution in [-0.4, -0.2) is 6.18 Å². The molecule has 62 valence electrons. The van der Waals surface area contributed by atoms with Crippen molar-refractivity contribution in [2.24, 2.45) is 5.92 Å². The summed E-state index contributed by atoms with van der Waals surface area (Å²) in [6.45, 7) is 3.35. The average Bonchev–Trinajstić information content (AvgIpc) is 1.80. The van der Waals surface area contributed by atoms with Crippen LogP contribution < -0.4 is 0 Å². The molecule has 0 rings (SSSR count). The quantitative estimate of drug-likeness (QED) is 0.584. The van der Waals surface area contributed by atoms with Gasteiger partial charge in [0, 0.05) is 0 Å². The van der Waals surface area contributed by atoms with Gasteiger partial charge in [0.05, 0.1) is 5.92 Å². The van der Waals surface area contributed by atoms with Crippen molar-refractivity contribution >= 4 is 0 Å². The van der Waals surface area contributed by atoms with E-state index in [0.717, 1.165) is 0 Å². The van der Waals surface area contributed by atoms with Gasteiger partial charge in [0.1, 0.15) is 0 Å². The standard InChI is InChI=1S/C7H13F3/c1-3-5-6(4-2)7(8,9)10/h6H,3-5H2,1-2H3/t6-/m0/s1. The lowest BCUT2D eigenvalue weighted by Gasteiger charge is -2.16. The highest BCUT2D eigenvalue weighted by Crippen LogP contribution is 2.31. The molecular formula is C7H13F3. The summed E-state index contributed by atoms with van der Waals surface area (Å²) < 4.78 is 35.7. The van der Waals surface area contributed by atoms with Gasteiger partial charge in [-0.05, 0) is 12.8 Å². The molecule has 0 aliphatic carbocycles. The van der Waals surface area contributed by atoms with Gasteiger partial charge in [-0.2, -0.15) is 13.2 Å². The molecule has 0 aromatic rings. The predicted octanol–water partition coefficient (Wildman–Crippen LogP) is 3.38. The Morgan fingerprint density at radius 1 is 1.20 bits per heavy atom. The first kappa shape index (κ1) is 9.79. The van der Waals surface area contributed by atoms with Crippen LogP contribution in [0, 0.1) is 5.92 Å². The first-order valence-corrected chi connectivity index (χ1v) is 3.59. The van der Waals surface area contributed by atoms with Crippen LogP contribution in [0.25, 0.3) is 0 Å². The Balaban J connectivity index is 3.81. The fraction of sp³-hybridized carbons (Fsp3) is 1.00. The van der Waals surface area contributed by atoms with Gasteiger partial charge in [0.2, 0.25) is 0 Å². The minimum absolute atomic E-state index is 0.206. The van der Waals surface area contributed by atoms with E-state index < -0.39 is 12.1 Å². The Morgan fingerprint density at radius 2 is 1.70 bits per heavy atom. The van der Waals surface area contributed by atoms with Crippen molar-refractivity contribution in [1.82, 2.24) is 0 Å². The van der Waals surface area contributed by atoms with Crippen molar-refractivity contribution < 1.29 is 13.2 Å². The summed E-state index contributed by atoms with van der Waals surface area (Å²) in [7, 11) is 0. The third-order valence-corrected chi connectivity index (χ3v) is 1.59. The van der Waals surface area contributed by atoms with E-state index in [1.165, 1.54) is 0 Å². The van der Waals surface area contributed by atoms with Crippen molar-refractivity contribution in [1.29, 1.82) is 0 Å². The summed E-state index contributed by atoms with van der Waals surface area (Å²) in [5, 5.41) is 0. The van der Waals surface area contributed by atoms with E-state index in [1.807, 2.05) is 0 Å². The van der Waals surface area contributed by atoms with E-state index in [1.54, 1.807) is 13.8 Å². The van der Waals surface area contributed by atoms with Crippen LogP contribution in [0.15, 0.2) is 0 Å². The zero-order chi connectivity index (χ0) is 8.20. The third kappa shape index (κ3) is 3.08. The summed E-state index contributed by atoms with van der Waals surface area (Å²) >= 11 is 0. The lowest BCUT2D eigenvalue weighted by atomic mass is 10.0. The van der Waals surface area contributed by atoms with Gasteiger partial charge < -0.3 is 0 Å². The van der Waals surface area contributed by atoms with Gasteiger partial charge in [0.15, 0.2) is 0 Å². The normalized spacial score (nSPS) is 15.3. The summed E-state index contributed by atoms with van der Waals surface area (Å²) in [5.41, 5.74) is 0. The van der Waals surface area contributed by atoms with Gasteiger partial charge in [0.25, 0.3) is 0 Å². The van der Waals surface area contributed by atoms with Crippen LogP contribution in [0.3, 0.4) is 0 Å². The molecule has 0 amide bonds.